The number of likely N-dealkylation sites (tertiary alicyclic amines) is 1. The Balaban J connectivity index is 1.86. The highest BCUT2D eigenvalue weighted by Crippen LogP contribution is 2.34. The molecule has 0 aliphatic carbocycles. The maximum Gasteiger partial charge on any atom is 0.227 e. The lowest BCUT2D eigenvalue weighted by molar-refractivity contribution is -0.137. The van der Waals surface area contributed by atoms with Crippen molar-refractivity contribution in [3.63, 3.8) is 0 Å². The van der Waals surface area contributed by atoms with Gasteiger partial charge < -0.3 is 10.2 Å². The molecule has 2 rings (SSSR count). The van der Waals surface area contributed by atoms with E-state index in [4.69, 9.17) is 0 Å². The van der Waals surface area contributed by atoms with Crippen molar-refractivity contribution in [1.82, 2.24) is 10.2 Å². The van der Waals surface area contributed by atoms with Crippen LogP contribution in [0.3, 0.4) is 0 Å². The number of nitrogens with zero attached hydrogens (tertiary/aromatic N) is 1. The van der Waals surface area contributed by atoms with Crippen molar-refractivity contribution >= 4 is 11.8 Å². The molecule has 2 saturated heterocycles. The highest BCUT2D eigenvalue weighted by molar-refractivity contribution is 5.89. The summed E-state index contributed by atoms with van der Waals surface area (Å²) in [6, 6.07) is 0. The van der Waals surface area contributed by atoms with Gasteiger partial charge in [-0.25, -0.2) is 0 Å². The van der Waals surface area contributed by atoms with E-state index in [-0.39, 0.29) is 17.7 Å². The third kappa shape index (κ3) is 2.85. The highest BCUT2D eigenvalue weighted by atomic mass is 16.2. The largest absolute Gasteiger partial charge is 0.355 e. The van der Waals surface area contributed by atoms with Crippen molar-refractivity contribution < 1.29 is 9.59 Å². The molecule has 2 amide bonds. The molecular formula is C14H24N2O2. The van der Waals surface area contributed by atoms with Gasteiger partial charge in [-0.3, -0.25) is 9.59 Å². The SMILES string of the molecule is CC(C)(C)C1CCN(C(=O)C2CNC(=O)C2)CC1. The standard InChI is InChI=1S/C14H24N2O2/c1-14(2,3)11-4-6-16(7-5-11)13(18)10-8-12(17)15-9-10/h10-11H,4-9H2,1-3H3,(H,15,17). The lowest BCUT2D eigenvalue weighted by Crippen LogP contribution is -2.44. The topological polar surface area (TPSA) is 49.4 Å². The number of piperidine rings is 1. The predicted octanol–water partition coefficient (Wildman–Crippen LogP) is 1.41. The van der Waals surface area contributed by atoms with Gasteiger partial charge in [0.2, 0.25) is 11.8 Å². The van der Waals surface area contributed by atoms with E-state index in [2.05, 4.69) is 26.1 Å². The summed E-state index contributed by atoms with van der Waals surface area (Å²) in [7, 11) is 0. The van der Waals surface area contributed by atoms with Gasteiger partial charge in [-0.05, 0) is 24.2 Å². The van der Waals surface area contributed by atoms with Gasteiger partial charge in [-0.15, -0.1) is 0 Å². The number of amides is 2. The maximum atomic E-state index is 12.2. The van der Waals surface area contributed by atoms with E-state index in [1.807, 2.05) is 4.90 Å². The van der Waals surface area contributed by atoms with Crippen LogP contribution in [-0.4, -0.2) is 36.3 Å². The molecule has 1 unspecified atom stereocenters. The molecule has 2 fully saturated rings. The normalized spacial score (nSPS) is 26.3. The quantitative estimate of drug-likeness (QED) is 0.767. The summed E-state index contributed by atoms with van der Waals surface area (Å²) >= 11 is 0. The van der Waals surface area contributed by atoms with Gasteiger partial charge in [0.25, 0.3) is 0 Å². The number of nitrogens with one attached hydrogen (secondary N) is 1. The zero-order chi connectivity index (χ0) is 13.3. The Kier molecular flexibility index (Phi) is 3.64. The van der Waals surface area contributed by atoms with Crippen LogP contribution >= 0.6 is 0 Å². The molecule has 0 saturated carbocycles. The summed E-state index contributed by atoms with van der Waals surface area (Å²) in [5, 5.41) is 2.74. The fraction of sp³-hybridized carbons (Fsp3) is 0.857. The summed E-state index contributed by atoms with van der Waals surface area (Å²) in [6.07, 6.45) is 2.55. The molecule has 18 heavy (non-hydrogen) atoms. The van der Waals surface area contributed by atoms with Gasteiger partial charge in [0.05, 0.1) is 5.92 Å². The van der Waals surface area contributed by atoms with Gasteiger partial charge in [0.15, 0.2) is 0 Å². The molecule has 0 spiro atoms. The minimum absolute atomic E-state index is 0.0120. The summed E-state index contributed by atoms with van der Waals surface area (Å²) in [6.45, 7) is 9.05. The summed E-state index contributed by atoms with van der Waals surface area (Å²) in [5.74, 6) is 0.757. The molecule has 0 aromatic rings. The van der Waals surface area contributed by atoms with Crippen LogP contribution in [0.15, 0.2) is 0 Å². The van der Waals surface area contributed by atoms with E-state index >= 15 is 0 Å². The molecule has 102 valence electrons. The first-order valence-corrected chi connectivity index (χ1v) is 6.93. The molecule has 2 heterocycles. The first kappa shape index (κ1) is 13.4. The monoisotopic (exact) mass is 252 g/mol. The molecule has 1 N–H and O–H groups in total. The summed E-state index contributed by atoms with van der Waals surface area (Å²) in [5.41, 5.74) is 0.333. The Morgan fingerprint density at radius 2 is 1.89 bits per heavy atom. The minimum Gasteiger partial charge on any atom is -0.355 e. The van der Waals surface area contributed by atoms with Crippen LogP contribution in [-0.2, 0) is 9.59 Å². The van der Waals surface area contributed by atoms with Crippen LogP contribution in [0.25, 0.3) is 0 Å². The molecule has 0 aromatic heterocycles. The molecule has 1 atom stereocenters. The van der Waals surface area contributed by atoms with Gasteiger partial charge in [-0.1, -0.05) is 20.8 Å². The maximum absolute atomic E-state index is 12.2. The molecule has 2 aliphatic rings. The van der Waals surface area contributed by atoms with Crippen molar-refractivity contribution in [2.24, 2.45) is 17.3 Å². The zero-order valence-electron chi connectivity index (χ0n) is 11.7. The van der Waals surface area contributed by atoms with Crippen LogP contribution in [0, 0.1) is 17.3 Å². The second kappa shape index (κ2) is 4.90. The smallest absolute Gasteiger partial charge is 0.227 e. The fourth-order valence-electron chi connectivity index (χ4n) is 3.00. The molecule has 4 nitrogen and oxygen atoms in total. The van der Waals surface area contributed by atoms with E-state index in [1.165, 1.54) is 0 Å². The molecule has 0 bridgehead atoms. The second-order valence-corrected chi connectivity index (χ2v) is 6.67. The van der Waals surface area contributed by atoms with Crippen molar-refractivity contribution in [1.29, 1.82) is 0 Å². The molecular weight excluding hydrogens is 228 g/mol. The van der Waals surface area contributed by atoms with E-state index in [9.17, 15) is 9.59 Å². The predicted molar refractivity (Wildman–Crippen MR) is 69.9 cm³/mol. The molecule has 0 aromatic carbocycles. The van der Waals surface area contributed by atoms with Gasteiger partial charge in [-0.2, -0.15) is 0 Å². The molecule has 0 radical (unpaired) electrons. The lowest BCUT2D eigenvalue weighted by Gasteiger charge is -2.39. The zero-order valence-corrected chi connectivity index (χ0v) is 11.7. The summed E-state index contributed by atoms with van der Waals surface area (Å²) in [4.78, 5) is 25.3. The van der Waals surface area contributed by atoms with E-state index in [0.717, 1.165) is 25.9 Å². The second-order valence-electron chi connectivity index (χ2n) is 6.67. The Hall–Kier alpha value is -1.06. The third-order valence-corrected chi connectivity index (χ3v) is 4.36. The van der Waals surface area contributed by atoms with E-state index in [1.54, 1.807) is 0 Å². The van der Waals surface area contributed by atoms with E-state index < -0.39 is 0 Å². The number of rotatable bonds is 1. The fourth-order valence-corrected chi connectivity index (χ4v) is 3.00. The van der Waals surface area contributed by atoms with Gasteiger partial charge in [0.1, 0.15) is 0 Å². The number of carbonyl (C=O) groups excluding carboxylic acids is 2. The van der Waals surface area contributed by atoms with Crippen LogP contribution < -0.4 is 5.32 Å². The van der Waals surface area contributed by atoms with Crippen LogP contribution in [0.2, 0.25) is 0 Å². The Morgan fingerprint density at radius 1 is 1.28 bits per heavy atom. The highest BCUT2D eigenvalue weighted by Gasteiger charge is 2.35. The van der Waals surface area contributed by atoms with Gasteiger partial charge in [0, 0.05) is 26.1 Å². The van der Waals surface area contributed by atoms with Crippen molar-refractivity contribution in [3.05, 3.63) is 0 Å². The molecule has 2 aliphatic heterocycles. The van der Waals surface area contributed by atoms with Crippen LogP contribution in [0.4, 0.5) is 0 Å². The minimum atomic E-state index is -0.122. The Labute approximate surface area is 109 Å². The first-order valence-electron chi connectivity index (χ1n) is 6.93. The van der Waals surface area contributed by atoms with Crippen molar-refractivity contribution in [2.45, 2.75) is 40.0 Å². The average molecular weight is 252 g/mol. The van der Waals surface area contributed by atoms with Crippen molar-refractivity contribution in [2.75, 3.05) is 19.6 Å². The van der Waals surface area contributed by atoms with Crippen molar-refractivity contribution in [3.8, 4) is 0 Å². The third-order valence-electron chi connectivity index (χ3n) is 4.36. The molecule has 4 heteroatoms. The average Bonchev–Trinajstić information content (AvgIpc) is 2.74. The number of hydrogen-bond donors (Lipinski definition) is 1. The van der Waals surface area contributed by atoms with Crippen LogP contribution in [0.1, 0.15) is 40.0 Å². The summed E-state index contributed by atoms with van der Waals surface area (Å²) < 4.78 is 0. The number of carbonyl (C=O) groups is 2. The van der Waals surface area contributed by atoms with E-state index in [0.29, 0.717) is 24.3 Å². The Morgan fingerprint density at radius 3 is 2.33 bits per heavy atom. The lowest BCUT2D eigenvalue weighted by atomic mass is 9.75. The van der Waals surface area contributed by atoms with Crippen LogP contribution in [0.5, 0.6) is 0 Å². The van der Waals surface area contributed by atoms with Gasteiger partial charge >= 0.3 is 0 Å². The first-order chi connectivity index (χ1) is 8.38. The number of hydrogen-bond acceptors (Lipinski definition) is 2. The Bertz CT molecular complexity index is 338.